The van der Waals surface area contributed by atoms with E-state index >= 15 is 0 Å². The lowest BCUT2D eigenvalue weighted by atomic mass is 9.87. The van der Waals surface area contributed by atoms with Gasteiger partial charge in [-0.15, -0.1) is 0 Å². The van der Waals surface area contributed by atoms with Gasteiger partial charge in [-0.2, -0.15) is 5.10 Å². The Morgan fingerprint density at radius 1 is 1.20 bits per heavy atom. The van der Waals surface area contributed by atoms with Crippen LogP contribution < -0.4 is 10.1 Å². The zero-order valence-corrected chi connectivity index (χ0v) is 15.3. The first-order valence-corrected chi connectivity index (χ1v) is 8.99. The summed E-state index contributed by atoms with van der Waals surface area (Å²) in [6.07, 6.45) is 6.30. The van der Waals surface area contributed by atoms with E-state index in [9.17, 15) is 4.79 Å². The van der Waals surface area contributed by atoms with Crippen molar-refractivity contribution >= 4 is 5.91 Å². The summed E-state index contributed by atoms with van der Waals surface area (Å²) >= 11 is 0. The molecule has 0 spiro atoms. The summed E-state index contributed by atoms with van der Waals surface area (Å²) in [5, 5.41) is 7.35. The number of hydrogen-bond acceptors (Lipinski definition) is 3. The third-order valence-electron chi connectivity index (χ3n) is 4.65. The first-order valence-electron chi connectivity index (χ1n) is 8.99. The molecule has 5 heteroatoms. The van der Waals surface area contributed by atoms with Gasteiger partial charge < -0.3 is 10.1 Å². The molecular weight excluding hydrogens is 314 g/mol. The van der Waals surface area contributed by atoms with Crippen LogP contribution in [0.4, 0.5) is 0 Å². The molecule has 25 heavy (non-hydrogen) atoms. The quantitative estimate of drug-likeness (QED) is 0.897. The molecule has 5 nitrogen and oxygen atoms in total. The van der Waals surface area contributed by atoms with Crippen molar-refractivity contribution in [2.24, 2.45) is 0 Å². The molecule has 1 aromatic carbocycles. The normalized spacial score (nSPS) is 15.3. The van der Waals surface area contributed by atoms with Crippen molar-refractivity contribution in [2.45, 2.75) is 64.6 Å². The van der Waals surface area contributed by atoms with E-state index in [0.29, 0.717) is 11.7 Å². The Labute approximate surface area is 149 Å². The third kappa shape index (κ3) is 4.62. The summed E-state index contributed by atoms with van der Waals surface area (Å²) in [4.78, 5) is 12.2. The van der Waals surface area contributed by atoms with Crippen molar-refractivity contribution in [3.05, 3.63) is 47.8 Å². The van der Waals surface area contributed by atoms with Gasteiger partial charge in [0.15, 0.2) is 6.73 Å². The van der Waals surface area contributed by atoms with Crippen molar-refractivity contribution in [3.63, 3.8) is 0 Å². The maximum absolute atomic E-state index is 12.2. The van der Waals surface area contributed by atoms with Crippen LogP contribution in [-0.2, 0) is 12.1 Å². The van der Waals surface area contributed by atoms with Crippen LogP contribution >= 0.6 is 0 Å². The minimum absolute atomic E-state index is 0.0971. The number of aromatic nitrogens is 2. The van der Waals surface area contributed by atoms with Crippen molar-refractivity contribution < 1.29 is 9.53 Å². The van der Waals surface area contributed by atoms with Crippen LogP contribution in [0.5, 0.6) is 5.75 Å². The van der Waals surface area contributed by atoms with Crippen molar-refractivity contribution in [1.82, 2.24) is 15.1 Å². The largest absolute Gasteiger partial charge is 0.471 e. The third-order valence-corrected chi connectivity index (χ3v) is 4.65. The number of benzene rings is 1. The van der Waals surface area contributed by atoms with Gasteiger partial charge >= 0.3 is 0 Å². The number of amides is 1. The summed E-state index contributed by atoms with van der Waals surface area (Å²) < 4.78 is 7.40. The lowest BCUT2D eigenvalue weighted by Gasteiger charge is -2.19. The molecule has 1 heterocycles. The van der Waals surface area contributed by atoms with Crippen molar-refractivity contribution in [2.75, 3.05) is 0 Å². The van der Waals surface area contributed by atoms with Gasteiger partial charge in [0.1, 0.15) is 11.4 Å². The molecule has 3 rings (SSSR count). The monoisotopic (exact) mass is 341 g/mol. The second-order valence-electron chi connectivity index (χ2n) is 7.74. The average Bonchev–Trinajstić information content (AvgIpc) is 3.24. The molecule has 1 N–H and O–H groups in total. The van der Waals surface area contributed by atoms with Crippen molar-refractivity contribution in [3.8, 4) is 5.75 Å². The van der Waals surface area contributed by atoms with Gasteiger partial charge in [-0.1, -0.05) is 45.7 Å². The zero-order valence-electron chi connectivity index (χ0n) is 15.3. The van der Waals surface area contributed by atoms with Crippen LogP contribution in [0.3, 0.4) is 0 Å². The van der Waals surface area contributed by atoms with Crippen LogP contribution in [0, 0.1) is 0 Å². The van der Waals surface area contributed by atoms with Gasteiger partial charge in [0.2, 0.25) is 0 Å². The maximum Gasteiger partial charge on any atom is 0.271 e. The summed E-state index contributed by atoms with van der Waals surface area (Å²) in [6.45, 7) is 6.84. The topological polar surface area (TPSA) is 56.1 Å². The van der Waals surface area contributed by atoms with E-state index in [0.717, 1.165) is 18.6 Å². The second kappa shape index (κ2) is 7.30. The highest BCUT2D eigenvalue weighted by Crippen LogP contribution is 2.24. The van der Waals surface area contributed by atoms with Crippen LogP contribution in [0.15, 0.2) is 36.5 Å². The van der Waals surface area contributed by atoms with E-state index in [-0.39, 0.29) is 18.1 Å². The molecule has 1 aliphatic rings. The van der Waals surface area contributed by atoms with E-state index in [1.807, 2.05) is 12.1 Å². The number of ether oxygens (including phenoxy) is 1. The summed E-state index contributed by atoms with van der Waals surface area (Å²) in [6, 6.07) is 10.1. The Morgan fingerprint density at radius 3 is 2.52 bits per heavy atom. The molecule has 0 atom stereocenters. The van der Waals surface area contributed by atoms with Gasteiger partial charge in [0.25, 0.3) is 5.91 Å². The summed E-state index contributed by atoms with van der Waals surface area (Å²) in [5.41, 5.74) is 1.84. The van der Waals surface area contributed by atoms with Gasteiger partial charge in [0, 0.05) is 12.2 Å². The lowest BCUT2D eigenvalue weighted by molar-refractivity contribution is 0.0930. The molecular formula is C20H27N3O2. The second-order valence-corrected chi connectivity index (χ2v) is 7.74. The molecule has 134 valence electrons. The van der Waals surface area contributed by atoms with E-state index in [1.165, 1.54) is 18.4 Å². The number of nitrogens with one attached hydrogen (secondary N) is 1. The highest BCUT2D eigenvalue weighted by atomic mass is 16.5. The van der Waals surface area contributed by atoms with E-state index < -0.39 is 0 Å². The molecule has 0 unspecified atom stereocenters. The summed E-state index contributed by atoms with van der Waals surface area (Å²) in [7, 11) is 0. The molecule has 0 radical (unpaired) electrons. The zero-order chi connectivity index (χ0) is 17.9. The molecule has 0 bridgehead atoms. The van der Waals surface area contributed by atoms with E-state index in [4.69, 9.17) is 4.74 Å². The minimum atomic E-state index is -0.0971. The fourth-order valence-corrected chi connectivity index (χ4v) is 3.08. The van der Waals surface area contributed by atoms with E-state index in [1.54, 1.807) is 16.9 Å². The van der Waals surface area contributed by atoms with Gasteiger partial charge in [0.05, 0.1) is 0 Å². The fourth-order valence-electron chi connectivity index (χ4n) is 3.08. The Bertz CT molecular complexity index is 707. The Balaban J connectivity index is 1.53. The average molecular weight is 341 g/mol. The minimum Gasteiger partial charge on any atom is -0.471 e. The Kier molecular flexibility index (Phi) is 5.11. The first kappa shape index (κ1) is 17.5. The van der Waals surface area contributed by atoms with Gasteiger partial charge in [-0.25, -0.2) is 4.68 Å². The number of nitrogens with zero attached hydrogens (tertiary/aromatic N) is 2. The predicted molar refractivity (Wildman–Crippen MR) is 97.7 cm³/mol. The van der Waals surface area contributed by atoms with Crippen LogP contribution in [0.25, 0.3) is 0 Å². The van der Waals surface area contributed by atoms with Crippen LogP contribution in [-0.4, -0.2) is 21.7 Å². The number of carbonyl (C=O) groups is 1. The molecule has 1 amide bonds. The first-order chi connectivity index (χ1) is 11.9. The smallest absolute Gasteiger partial charge is 0.271 e. The molecule has 0 saturated heterocycles. The molecule has 1 aliphatic carbocycles. The Hall–Kier alpha value is -2.30. The predicted octanol–water partition coefficient (Wildman–Crippen LogP) is 3.89. The van der Waals surface area contributed by atoms with E-state index in [2.05, 4.69) is 43.3 Å². The molecule has 1 fully saturated rings. The highest BCUT2D eigenvalue weighted by molar-refractivity contribution is 5.92. The highest BCUT2D eigenvalue weighted by Gasteiger charge is 2.19. The standard InChI is InChI=1S/C20H27N3O2/c1-20(2,3)15-8-10-17(11-9-15)25-14-23-13-12-18(22-23)19(24)21-16-6-4-5-7-16/h8-13,16H,4-7,14H2,1-3H3,(H,21,24). The number of carbonyl (C=O) groups excluding carboxylic acids is 1. The van der Waals surface area contributed by atoms with Gasteiger partial charge in [-0.05, 0) is 42.0 Å². The van der Waals surface area contributed by atoms with Crippen LogP contribution in [0.1, 0.15) is 62.5 Å². The molecule has 0 aliphatic heterocycles. The van der Waals surface area contributed by atoms with Crippen molar-refractivity contribution in [1.29, 1.82) is 0 Å². The summed E-state index contributed by atoms with van der Waals surface area (Å²) in [5.74, 6) is 0.695. The number of rotatable bonds is 5. The molecule has 1 saturated carbocycles. The van der Waals surface area contributed by atoms with Gasteiger partial charge in [-0.3, -0.25) is 4.79 Å². The molecule has 2 aromatic rings. The molecule has 1 aromatic heterocycles. The van der Waals surface area contributed by atoms with Crippen LogP contribution in [0.2, 0.25) is 0 Å². The fraction of sp³-hybridized carbons (Fsp3) is 0.500. The Morgan fingerprint density at radius 2 is 1.88 bits per heavy atom. The SMILES string of the molecule is CC(C)(C)c1ccc(OCn2ccc(C(=O)NC3CCCC3)n2)cc1. The lowest BCUT2D eigenvalue weighted by Crippen LogP contribution is -2.32. The maximum atomic E-state index is 12.2. The number of hydrogen-bond donors (Lipinski definition) is 1.